The monoisotopic (exact) mass is 354 g/mol. The number of piperazine rings is 1. The summed E-state index contributed by atoms with van der Waals surface area (Å²) in [4.78, 5) is 12.7. The Hall–Kier alpha value is -1.55. The average Bonchev–Trinajstić information content (AvgIpc) is 3.09. The van der Waals surface area contributed by atoms with Gasteiger partial charge in [0.2, 0.25) is 10.0 Å². The first-order valence-corrected chi connectivity index (χ1v) is 9.54. The van der Waals surface area contributed by atoms with E-state index >= 15 is 0 Å². The molecule has 2 aliphatic heterocycles. The molecule has 1 aromatic rings. The van der Waals surface area contributed by atoms with Gasteiger partial charge in [0.1, 0.15) is 0 Å². The summed E-state index contributed by atoms with van der Waals surface area (Å²) in [5.41, 5.74) is 0.0593. The molecular formula is C15H22N4O4S. The number of hydrogen-bond donors (Lipinski definition) is 1. The number of nitro groups is 1. The molecular weight excluding hydrogens is 332 g/mol. The van der Waals surface area contributed by atoms with Gasteiger partial charge in [0, 0.05) is 44.8 Å². The van der Waals surface area contributed by atoms with Crippen LogP contribution < -0.4 is 5.32 Å². The van der Waals surface area contributed by atoms with Crippen molar-refractivity contribution in [3.8, 4) is 0 Å². The number of nitrogens with one attached hydrogen (secondary N) is 1. The number of rotatable bonds is 4. The van der Waals surface area contributed by atoms with Crippen molar-refractivity contribution in [3.63, 3.8) is 0 Å². The minimum absolute atomic E-state index is 0.175. The van der Waals surface area contributed by atoms with Crippen molar-refractivity contribution in [1.29, 1.82) is 0 Å². The fourth-order valence-corrected chi connectivity index (χ4v) is 5.29. The van der Waals surface area contributed by atoms with Crippen molar-refractivity contribution < 1.29 is 13.3 Å². The fourth-order valence-electron chi connectivity index (χ4n) is 3.51. The molecule has 8 nitrogen and oxygen atoms in total. The predicted molar refractivity (Wildman–Crippen MR) is 89.4 cm³/mol. The molecule has 0 spiro atoms. The lowest BCUT2D eigenvalue weighted by Gasteiger charge is -2.37. The third kappa shape index (κ3) is 3.16. The second-order valence-electron chi connectivity index (χ2n) is 6.27. The molecule has 1 atom stereocenters. The number of aryl methyl sites for hydroxylation is 1. The van der Waals surface area contributed by atoms with E-state index < -0.39 is 14.9 Å². The Morgan fingerprint density at radius 2 is 1.96 bits per heavy atom. The number of hydrogen-bond acceptors (Lipinski definition) is 6. The van der Waals surface area contributed by atoms with Crippen molar-refractivity contribution >= 4 is 15.7 Å². The van der Waals surface area contributed by atoms with Crippen LogP contribution in [0.25, 0.3) is 0 Å². The predicted octanol–water partition coefficient (Wildman–Crippen LogP) is 0.571. The molecule has 132 valence electrons. The smallest absolute Gasteiger partial charge is 0.289 e. The molecule has 2 saturated heterocycles. The van der Waals surface area contributed by atoms with Crippen LogP contribution in [0.3, 0.4) is 0 Å². The lowest BCUT2D eigenvalue weighted by molar-refractivity contribution is -0.387. The highest BCUT2D eigenvalue weighted by molar-refractivity contribution is 7.89. The lowest BCUT2D eigenvalue weighted by atomic mass is 10.2. The Kier molecular flexibility index (Phi) is 4.86. The van der Waals surface area contributed by atoms with Crippen LogP contribution in [0.4, 0.5) is 5.69 Å². The fraction of sp³-hybridized carbons (Fsp3) is 0.600. The average molecular weight is 354 g/mol. The summed E-state index contributed by atoms with van der Waals surface area (Å²) in [6.07, 6.45) is 1.08. The lowest BCUT2D eigenvalue weighted by Crippen LogP contribution is -2.52. The largest absolute Gasteiger partial charge is 0.315 e. The van der Waals surface area contributed by atoms with E-state index in [2.05, 4.69) is 10.2 Å². The number of benzene rings is 1. The summed E-state index contributed by atoms with van der Waals surface area (Å²) in [5, 5.41) is 14.6. The van der Waals surface area contributed by atoms with Crippen LogP contribution in [0.1, 0.15) is 12.0 Å². The molecule has 1 unspecified atom stereocenters. The van der Waals surface area contributed by atoms with Gasteiger partial charge in [-0.25, -0.2) is 8.42 Å². The third-order valence-electron chi connectivity index (χ3n) is 4.81. The summed E-state index contributed by atoms with van der Waals surface area (Å²) in [6.45, 7) is 5.58. The van der Waals surface area contributed by atoms with Crippen LogP contribution in [-0.4, -0.2) is 67.9 Å². The van der Waals surface area contributed by atoms with Crippen LogP contribution in [0, 0.1) is 17.0 Å². The van der Waals surface area contributed by atoms with Gasteiger partial charge < -0.3 is 5.32 Å². The van der Waals surface area contributed by atoms with Crippen molar-refractivity contribution in [1.82, 2.24) is 14.5 Å². The second kappa shape index (κ2) is 6.75. The minimum atomic E-state index is -3.87. The summed E-state index contributed by atoms with van der Waals surface area (Å²) in [5.74, 6) is 0. The molecule has 0 saturated carbocycles. The SMILES string of the molecule is Cc1cccc([N+](=O)[O-])c1S(=O)(=O)N1CCN(C2CCNC2)CC1. The first kappa shape index (κ1) is 17.3. The van der Waals surface area contributed by atoms with Crippen molar-refractivity contribution in [2.75, 3.05) is 39.3 Å². The number of sulfonamides is 1. The van der Waals surface area contributed by atoms with E-state index in [0.717, 1.165) is 19.5 Å². The normalized spacial score (nSPS) is 23.5. The van der Waals surface area contributed by atoms with Gasteiger partial charge in [-0.15, -0.1) is 0 Å². The zero-order chi connectivity index (χ0) is 17.3. The van der Waals surface area contributed by atoms with Gasteiger partial charge >= 0.3 is 0 Å². The molecule has 2 heterocycles. The molecule has 3 rings (SSSR count). The van der Waals surface area contributed by atoms with Crippen molar-refractivity contribution in [3.05, 3.63) is 33.9 Å². The molecule has 1 aromatic carbocycles. The first-order chi connectivity index (χ1) is 11.4. The Morgan fingerprint density at radius 3 is 2.54 bits per heavy atom. The van der Waals surface area contributed by atoms with E-state index in [0.29, 0.717) is 37.8 Å². The van der Waals surface area contributed by atoms with Crippen molar-refractivity contribution in [2.45, 2.75) is 24.3 Å². The maximum Gasteiger partial charge on any atom is 0.289 e. The highest BCUT2D eigenvalue weighted by Gasteiger charge is 2.36. The second-order valence-corrected chi connectivity index (χ2v) is 8.14. The van der Waals surface area contributed by atoms with Gasteiger partial charge in [0.25, 0.3) is 5.69 Å². The van der Waals surface area contributed by atoms with E-state index in [1.54, 1.807) is 13.0 Å². The van der Waals surface area contributed by atoms with Crippen LogP contribution in [0.15, 0.2) is 23.1 Å². The zero-order valence-corrected chi connectivity index (χ0v) is 14.5. The summed E-state index contributed by atoms with van der Waals surface area (Å²) < 4.78 is 27.3. The van der Waals surface area contributed by atoms with Gasteiger partial charge in [-0.05, 0) is 25.5 Å². The molecule has 1 N–H and O–H groups in total. The van der Waals surface area contributed by atoms with Gasteiger partial charge in [-0.3, -0.25) is 15.0 Å². The molecule has 2 fully saturated rings. The van der Waals surface area contributed by atoms with Gasteiger partial charge in [0.15, 0.2) is 4.90 Å². The zero-order valence-electron chi connectivity index (χ0n) is 13.6. The Balaban J connectivity index is 1.81. The van der Waals surface area contributed by atoms with E-state index in [4.69, 9.17) is 0 Å². The van der Waals surface area contributed by atoms with Crippen LogP contribution >= 0.6 is 0 Å². The molecule has 2 aliphatic rings. The van der Waals surface area contributed by atoms with E-state index in [1.165, 1.54) is 16.4 Å². The molecule has 9 heteroatoms. The first-order valence-electron chi connectivity index (χ1n) is 8.10. The van der Waals surface area contributed by atoms with E-state index in [9.17, 15) is 18.5 Å². The highest BCUT2D eigenvalue weighted by atomic mass is 32.2. The maximum atomic E-state index is 13.0. The molecule has 24 heavy (non-hydrogen) atoms. The maximum absolute atomic E-state index is 13.0. The Morgan fingerprint density at radius 1 is 1.25 bits per heavy atom. The molecule has 0 radical (unpaired) electrons. The molecule has 0 aliphatic carbocycles. The van der Waals surface area contributed by atoms with Crippen molar-refractivity contribution in [2.24, 2.45) is 0 Å². The van der Waals surface area contributed by atoms with Gasteiger partial charge in [-0.2, -0.15) is 4.31 Å². The molecule has 0 bridgehead atoms. The van der Waals surface area contributed by atoms with E-state index in [1.807, 2.05) is 0 Å². The third-order valence-corrected chi connectivity index (χ3v) is 6.90. The summed E-state index contributed by atoms with van der Waals surface area (Å²) in [7, 11) is -3.87. The minimum Gasteiger partial charge on any atom is -0.315 e. The molecule has 0 amide bonds. The van der Waals surface area contributed by atoms with Crippen LogP contribution in [-0.2, 0) is 10.0 Å². The summed E-state index contributed by atoms with van der Waals surface area (Å²) >= 11 is 0. The molecule has 0 aromatic heterocycles. The Labute approximate surface area is 141 Å². The number of nitro benzene ring substituents is 1. The van der Waals surface area contributed by atoms with Gasteiger partial charge in [0.05, 0.1) is 4.92 Å². The number of nitrogens with zero attached hydrogens (tertiary/aromatic N) is 3. The van der Waals surface area contributed by atoms with Crippen LogP contribution in [0.5, 0.6) is 0 Å². The summed E-state index contributed by atoms with van der Waals surface area (Å²) in [6, 6.07) is 4.82. The topological polar surface area (TPSA) is 95.8 Å². The van der Waals surface area contributed by atoms with Gasteiger partial charge in [-0.1, -0.05) is 12.1 Å². The highest BCUT2D eigenvalue weighted by Crippen LogP contribution is 2.30. The van der Waals surface area contributed by atoms with Crippen LogP contribution in [0.2, 0.25) is 0 Å². The Bertz CT molecular complexity index is 723. The quantitative estimate of drug-likeness (QED) is 0.627. The standard InChI is InChI=1S/C15H22N4O4S/c1-12-3-2-4-14(19(20)21)15(12)24(22,23)18-9-7-17(8-10-18)13-5-6-16-11-13/h2-4,13,16H,5-11H2,1H3. The van der Waals surface area contributed by atoms with E-state index in [-0.39, 0.29) is 10.6 Å².